The van der Waals surface area contributed by atoms with Gasteiger partial charge in [-0.1, -0.05) is 6.92 Å². The van der Waals surface area contributed by atoms with Gasteiger partial charge in [0.25, 0.3) is 0 Å². The van der Waals surface area contributed by atoms with E-state index in [0.29, 0.717) is 6.54 Å². The van der Waals surface area contributed by atoms with Crippen LogP contribution in [-0.4, -0.2) is 46.0 Å². The maximum absolute atomic E-state index is 12.0. The predicted octanol–water partition coefficient (Wildman–Crippen LogP) is -1.30. The number of rotatable bonds is 8. The summed E-state index contributed by atoms with van der Waals surface area (Å²) in [6, 6.07) is 0. The van der Waals surface area contributed by atoms with Crippen molar-refractivity contribution in [1.82, 2.24) is 19.2 Å². The number of anilines is 1. The quantitative estimate of drug-likeness (QED) is 0.543. The van der Waals surface area contributed by atoms with E-state index in [0.717, 1.165) is 6.42 Å². The molecule has 11 heteroatoms. The monoisotopic (exact) mass is 325 g/mol. The Kier molecular flexibility index (Phi) is 5.50. The topological polar surface area (TPSA) is 136 Å². The number of sulfonamides is 2. The second-order valence-electron chi connectivity index (χ2n) is 4.06. The van der Waals surface area contributed by atoms with E-state index < -0.39 is 20.0 Å². The SMILES string of the molecule is CCCn1cc(S(=O)(=O)NCCS(=O)(=O)NC)c(N)n1. The summed E-state index contributed by atoms with van der Waals surface area (Å²) in [6.45, 7) is 2.23. The van der Waals surface area contributed by atoms with Crippen LogP contribution in [0.5, 0.6) is 0 Å². The van der Waals surface area contributed by atoms with Crippen molar-refractivity contribution >= 4 is 25.9 Å². The van der Waals surface area contributed by atoms with Gasteiger partial charge in [-0.25, -0.2) is 26.3 Å². The molecule has 0 aliphatic heterocycles. The van der Waals surface area contributed by atoms with Crippen LogP contribution in [0.2, 0.25) is 0 Å². The number of nitrogens with zero attached hydrogens (tertiary/aromatic N) is 2. The lowest BCUT2D eigenvalue weighted by Gasteiger charge is -2.05. The second kappa shape index (κ2) is 6.52. The molecule has 1 aromatic heterocycles. The van der Waals surface area contributed by atoms with Gasteiger partial charge >= 0.3 is 0 Å². The molecule has 0 unspecified atom stereocenters. The van der Waals surface area contributed by atoms with Crippen molar-refractivity contribution in [3.05, 3.63) is 6.20 Å². The Bertz CT molecular complexity index is 650. The molecule has 0 aliphatic rings. The summed E-state index contributed by atoms with van der Waals surface area (Å²) in [4.78, 5) is -0.146. The molecular formula is C9H19N5O4S2. The van der Waals surface area contributed by atoms with Crippen molar-refractivity contribution in [2.75, 3.05) is 25.1 Å². The van der Waals surface area contributed by atoms with E-state index in [1.165, 1.54) is 17.9 Å². The molecule has 1 heterocycles. The van der Waals surface area contributed by atoms with Crippen LogP contribution in [0.1, 0.15) is 13.3 Å². The lowest BCUT2D eigenvalue weighted by molar-refractivity contribution is 0.577. The first-order valence-corrected chi connectivity index (χ1v) is 9.09. The molecule has 1 rings (SSSR count). The highest BCUT2D eigenvalue weighted by molar-refractivity contribution is 7.90. The number of nitrogens with one attached hydrogen (secondary N) is 2. The molecule has 9 nitrogen and oxygen atoms in total. The fourth-order valence-electron chi connectivity index (χ4n) is 1.46. The van der Waals surface area contributed by atoms with Gasteiger partial charge in [-0.3, -0.25) is 4.68 Å². The smallest absolute Gasteiger partial charge is 0.245 e. The molecule has 0 spiro atoms. The fourth-order valence-corrected chi connectivity index (χ4v) is 3.27. The Labute approximate surface area is 118 Å². The number of hydrogen-bond acceptors (Lipinski definition) is 6. The highest BCUT2D eigenvalue weighted by Gasteiger charge is 2.21. The zero-order chi connectivity index (χ0) is 15.4. The lowest BCUT2D eigenvalue weighted by Crippen LogP contribution is -2.33. The van der Waals surface area contributed by atoms with Crippen molar-refractivity contribution in [2.24, 2.45) is 0 Å². The van der Waals surface area contributed by atoms with E-state index in [4.69, 9.17) is 5.73 Å². The van der Waals surface area contributed by atoms with E-state index >= 15 is 0 Å². The van der Waals surface area contributed by atoms with Gasteiger partial charge in [-0.2, -0.15) is 5.10 Å². The van der Waals surface area contributed by atoms with E-state index in [-0.39, 0.29) is 23.0 Å². The minimum Gasteiger partial charge on any atom is -0.381 e. The molecule has 116 valence electrons. The molecule has 0 aliphatic carbocycles. The summed E-state index contributed by atoms with van der Waals surface area (Å²) < 4.78 is 52.1. The normalized spacial score (nSPS) is 12.7. The van der Waals surface area contributed by atoms with Crippen LogP contribution < -0.4 is 15.2 Å². The molecule has 0 fully saturated rings. The van der Waals surface area contributed by atoms with Gasteiger partial charge in [0.2, 0.25) is 20.0 Å². The second-order valence-corrected chi connectivity index (χ2v) is 7.84. The van der Waals surface area contributed by atoms with Crippen LogP contribution in [0.15, 0.2) is 11.1 Å². The van der Waals surface area contributed by atoms with Crippen LogP contribution in [0.4, 0.5) is 5.82 Å². The molecule has 0 atom stereocenters. The lowest BCUT2D eigenvalue weighted by atomic mass is 10.5. The third-order valence-electron chi connectivity index (χ3n) is 2.47. The van der Waals surface area contributed by atoms with E-state index in [1.807, 2.05) is 6.92 Å². The van der Waals surface area contributed by atoms with Crippen molar-refractivity contribution < 1.29 is 16.8 Å². The number of hydrogen-bond donors (Lipinski definition) is 3. The minimum atomic E-state index is -3.87. The zero-order valence-electron chi connectivity index (χ0n) is 11.3. The van der Waals surface area contributed by atoms with Gasteiger partial charge in [0.1, 0.15) is 4.90 Å². The summed E-state index contributed by atoms with van der Waals surface area (Å²) in [5, 5.41) is 3.88. The average Bonchev–Trinajstić information content (AvgIpc) is 2.71. The Balaban J connectivity index is 2.79. The Morgan fingerprint density at radius 1 is 1.35 bits per heavy atom. The van der Waals surface area contributed by atoms with E-state index in [2.05, 4.69) is 14.5 Å². The maximum atomic E-state index is 12.0. The van der Waals surface area contributed by atoms with Crippen LogP contribution in [-0.2, 0) is 26.6 Å². The van der Waals surface area contributed by atoms with Gasteiger partial charge in [0.05, 0.1) is 5.75 Å². The summed E-state index contributed by atoms with van der Waals surface area (Å²) in [6.07, 6.45) is 2.11. The van der Waals surface area contributed by atoms with Crippen molar-refractivity contribution in [3.8, 4) is 0 Å². The predicted molar refractivity (Wildman–Crippen MR) is 75.0 cm³/mol. The molecule has 1 aromatic rings. The Hall–Kier alpha value is -1.17. The van der Waals surface area contributed by atoms with Crippen LogP contribution >= 0.6 is 0 Å². The molecule has 0 saturated carbocycles. The third kappa shape index (κ3) is 4.44. The first-order chi connectivity index (χ1) is 9.22. The molecule has 4 N–H and O–H groups in total. The third-order valence-corrected chi connectivity index (χ3v) is 5.31. The summed E-state index contributed by atoms with van der Waals surface area (Å²) >= 11 is 0. The fraction of sp³-hybridized carbons (Fsp3) is 0.667. The first kappa shape index (κ1) is 16.9. The van der Waals surface area contributed by atoms with Crippen LogP contribution in [0, 0.1) is 0 Å². The molecule has 0 radical (unpaired) electrons. The molecule has 0 saturated heterocycles. The van der Waals surface area contributed by atoms with Crippen LogP contribution in [0.3, 0.4) is 0 Å². The Morgan fingerprint density at radius 2 is 2.00 bits per heavy atom. The van der Waals surface area contributed by atoms with Gasteiger partial charge < -0.3 is 5.73 Å². The maximum Gasteiger partial charge on any atom is 0.245 e. The van der Waals surface area contributed by atoms with Gasteiger partial charge in [0.15, 0.2) is 5.82 Å². The molecule has 0 bridgehead atoms. The number of aromatic nitrogens is 2. The van der Waals surface area contributed by atoms with Crippen molar-refractivity contribution in [2.45, 2.75) is 24.8 Å². The summed E-state index contributed by atoms with van der Waals surface area (Å²) in [5.41, 5.74) is 5.56. The van der Waals surface area contributed by atoms with Crippen LogP contribution in [0.25, 0.3) is 0 Å². The summed E-state index contributed by atoms with van der Waals surface area (Å²) in [5.74, 6) is -0.464. The van der Waals surface area contributed by atoms with Gasteiger partial charge in [-0.15, -0.1) is 0 Å². The highest BCUT2D eigenvalue weighted by atomic mass is 32.2. The minimum absolute atomic E-state index is 0.109. The first-order valence-electron chi connectivity index (χ1n) is 5.95. The molecule has 0 aromatic carbocycles. The van der Waals surface area contributed by atoms with E-state index in [9.17, 15) is 16.8 Å². The van der Waals surface area contributed by atoms with Crippen molar-refractivity contribution in [3.63, 3.8) is 0 Å². The Morgan fingerprint density at radius 3 is 2.55 bits per heavy atom. The average molecular weight is 325 g/mol. The number of aryl methyl sites for hydroxylation is 1. The molecule has 20 heavy (non-hydrogen) atoms. The van der Waals surface area contributed by atoms with E-state index in [1.54, 1.807) is 0 Å². The number of nitrogen functional groups attached to an aromatic ring is 1. The largest absolute Gasteiger partial charge is 0.381 e. The molecule has 0 amide bonds. The zero-order valence-corrected chi connectivity index (χ0v) is 13.0. The standard InChI is InChI=1S/C9H19N5O4S2/c1-3-5-14-7-8(9(10)13-14)20(17,18)12-4-6-19(15,16)11-2/h7,11-12H,3-6H2,1-2H3,(H2,10,13). The number of nitrogens with two attached hydrogens (primary N) is 1. The van der Waals surface area contributed by atoms with Gasteiger partial charge in [0, 0.05) is 19.3 Å². The van der Waals surface area contributed by atoms with Gasteiger partial charge in [-0.05, 0) is 13.5 Å². The summed E-state index contributed by atoms with van der Waals surface area (Å²) in [7, 11) is -6.08. The highest BCUT2D eigenvalue weighted by Crippen LogP contribution is 2.15. The molecular weight excluding hydrogens is 306 g/mol. The van der Waals surface area contributed by atoms with Crippen molar-refractivity contribution in [1.29, 1.82) is 0 Å².